The first-order chi connectivity index (χ1) is 9.79. The molecule has 2 heterocycles. The Morgan fingerprint density at radius 2 is 2.20 bits per heavy atom. The molecule has 1 fully saturated rings. The number of hydrogen-bond acceptors (Lipinski definition) is 3. The standard InChI is InChI=1S/C17H23N3/c1-2-14-6-3-4-11-20(14)12-13-8-9-16(18)15-7-5-10-19-17(13)15/h5,7-10,14H,2-4,6,11-12,18H2,1H3. The van der Waals surface area contributed by atoms with E-state index < -0.39 is 0 Å². The molecule has 0 spiro atoms. The fourth-order valence-corrected chi connectivity index (χ4v) is 3.33. The summed E-state index contributed by atoms with van der Waals surface area (Å²) in [5.74, 6) is 0. The number of aromatic nitrogens is 1. The number of pyridine rings is 1. The second kappa shape index (κ2) is 5.80. The number of likely N-dealkylation sites (tertiary alicyclic amines) is 1. The molecule has 1 unspecified atom stereocenters. The van der Waals surface area contributed by atoms with E-state index in [2.05, 4.69) is 28.9 Å². The molecule has 1 saturated heterocycles. The van der Waals surface area contributed by atoms with E-state index >= 15 is 0 Å². The fraction of sp³-hybridized carbons (Fsp3) is 0.471. The van der Waals surface area contributed by atoms with Crippen LogP contribution in [0.25, 0.3) is 10.9 Å². The van der Waals surface area contributed by atoms with Crippen LogP contribution in [0, 0.1) is 0 Å². The van der Waals surface area contributed by atoms with Crippen molar-refractivity contribution in [3.05, 3.63) is 36.0 Å². The van der Waals surface area contributed by atoms with Crippen LogP contribution in [0.2, 0.25) is 0 Å². The van der Waals surface area contributed by atoms with Crippen LogP contribution in [0.1, 0.15) is 38.2 Å². The van der Waals surface area contributed by atoms with Gasteiger partial charge >= 0.3 is 0 Å². The zero-order valence-corrected chi connectivity index (χ0v) is 12.2. The van der Waals surface area contributed by atoms with Crippen LogP contribution in [0.15, 0.2) is 30.5 Å². The molecule has 20 heavy (non-hydrogen) atoms. The third kappa shape index (κ3) is 2.50. The van der Waals surface area contributed by atoms with Gasteiger partial charge in [0.15, 0.2) is 0 Å². The summed E-state index contributed by atoms with van der Waals surface area (Å²) in [5.41, 5.74) is 9.24. The maximum Gasteiger partial charge on any atom is 0.0767 e. The van der Waals surface area contributed by atoms with Gasteiger partial charge in [0.25, 0.3) is 0 Å². The topological polar surface area (TPSA) is 42.1 Å². The summed E-state index contributed by atoms with van der Waals surface area (Å²) in [7, 11) is 0. The van der Waals surface area contributed by atoms with E-state index in [1.807, 2.05) is 18.3 Å². The molecule has 1 aromatic heterocycles. The first-order valence-electron chi connectivity index (χ1n) is 7.65. The Hall–Kier alpha value is -1.61. The fourth-order valence-electron chi connectivity index (χ4n) is 3.33. The van der Waals surface area contributed by atoms with Crippen molar-refractivity contribution in [2.45, 2.75) is 45.2 Å². The summed E-state index contributed by atoms with van der Waals surface area (Å²) in [6.07, 6.45) is 7.11. The van der Waals surface area contributed by atoms with Crippen LogP contribution < -0.4 is 5.73 Å². The summed E-state index contributed by atoms with van der Waals surface area (Å²) in [6.45, 7) is 4.49. The molecule has 106 valence electrons. The van der Waals surface area contributed by atoms with Gasteiger partial charge in [-0.05, 0) is 49.6 Å². The van der Waals surface area contributed by atoms with Crippen molar-refractivity contribution < 1.29 is 0 Å². The van der Waals surface area contributed by atoms with Gasteiger partial charge in [-0.3, -0.25) is 9.88 Å². The summed E-state index contributed by atoms with van der Waals surface area (Å²) in [6, 6.07) is 8.91. The summed E-state index contributed by atoms with van der Waals surface area (Å²) in [5, 5.41) is 1.08. The van der Waals surface area contributed by atoms with Crippen LogP contribution in [-0.2, 0) is 6.54 Å². The minimum atomic E-state index is 0.722. The molecule has 0 bridgehead atoms. The second-order valence-corrected chi connectivity index (χ2v) is 5.74. The molecule has 0 aliphatic carbocycles. The van der Waals surface area contributed by atoms with Crippen molar-refractivity contribution in [1.29, 1.82) is 0 Å². The van der Waals surface area contributed by atoms with Crippen molar-refractivity contribution in [1.82, 2.24) is 9.88 Å². The highest BCUT2D eigenvalue weighted by Gasteiger charge is 2.21. The van der Waals surface area contributed by atoms with Crippen molar-refractivity contribution in [3.63, 3.8) is 0 Å². The Labute approximate surface area is 120 Å². The average Bonchev–Trinajstić information content (AvgIpc) is 2.51. The predicted molar refractivity (Wildman–Crippen MR) is 84.5 cm³/mol. The van der Waals surface area contributed by atoms with Crippen molar-refractivity contribution in [3.8, 4) is 0 Å². The van der Waals surface area contributed by atoms with Crippen LogP contribution in [0.5, 0.6) is 0 Å². The van der Waals surface area contributed by atoms with Crippen molar-refractivity contribution in [2.75, 3.05) is 12.3 Å². The van der Waals surface area contributed by atoms with Crippen LogP contribution >= 0.6 is 0 Å². The third-order valence-corrected chi connectivity index (χ3v) is 4.48. The lowest BCUT2D eigenvalue weighted by atomic mass is 9.98. The van der Waals surface area contributed by atoms with E-state index in [9.17, 15) is 0 Å². The second-order valence-electron chi connectivity index (χ2n) is 5.74. The Kier molecular flexibility index (Phi) is 3.88. The summed E-state index contributed by atoms with van der Waals surface area (Å²) >= 11 is 0. The smallest absolute Gasteiger partial charge is 0.0767 e. The van der Waals surface area contributed by atoms with Gasteiger partial charge in [-0.2, -0.15) is 0 Å². The first kappa shape index (κ1) is 13.4. The van der Waals surface area contributed by atoms with Gasteiger partial charge in [-0.15, -0.1) is 0 Å². The molecular weight excluding hydrogens is 246 g/mol. The van der Waals surface area contributed by atoms with Gasteiger partial charge in [0.05, 0.1) is 5.52 Å². The lowest BCUT2D eigenvalue weighted by Crippen LogP contribution is -2.38. The summed E-state index contributed by atoms with van der Waals surface area (Å²) < 4.78 is 0. The van der Waals surface area contributed by atoms with E-state index in [0.29, 0.717) is 0 Å². The quantitative estimate of drug-likeness (QED) is 0.866. The number of fused-ring (bicyclic) bond motifs is 1. The largest absolute Gasteiger partial charge is 0.398 e. The molecule has 1 atom stereocenters. The maximum absolute atomic E-state index is 6.06. The van der Waals surface area contributed by atoms with E-state index in [0.717, 1.165) is 29.2 Å². The lowest BCUT2D eigenvalue weighted by molar-refractivity contribution is 0.136. The molecule has 0 saturated carbocycles. The Bertz CT molecular complexity index is 594. The molecule has 1 aromatic carbocycles. The van der Waals surface area contributed by atoms with Crippen LogP contribution in [0.3, 0.4) is 0 Å². The molecule has 2 aromatic rings. The van der Waals surface area contributed by atoms with E-state index in [-0.39, 0.29) is 0 Å². The predicted octanol–water partition coefficient (Wildman–Crippen LogP) is 3.58. The number of anilines is 1. The third-order valence-electron chi connectivity index (χ3n) is 4.48. The molecule has 3 rings (SSSR count). The van der Waals surface area contributed by atoms with Crippen molar-refractivity contribution in [2.24, 2.45) is 0 Å². The van der Waals surface area contributed by atoms with Gasteiger partial charge in [0.1, 0.15) is 0 Å². The Balaban J connectivity index is 1.92. The first-order valence-corrected chi connectivity index (χ1v) is 7.65. The molecule has 1 aliphatic rings. The van der Waals surface area contributed by atoms with Gasteiger partial charge in [0, 0.05) is 29.9 Å². The molecule has 1 aliphatic heterocycles. The van der Waals surface area contributed by atoms with E-state index in [1.54, 1.807) is 0 Å². The van der Waals surface area contributed by atoms with Crippen molar-refractivity contribution >= 4 is 16.6 Å². The highest BCUT2D eigenvalue weighted by atomic mass is 15.2. The normalized spacial score (nSPS) is 20.4. The highest BCUT2D eigenvalue weighted by molar-refractivity contribution is 5.92. The molecule has 2 N–H and O–H groups in total. The zero-order chi connectivity index (χ0) is 13.9. The minimum absolute atomic E-state index is 0.722. The zero-order valence-electron chi connectivity index (χ0n) is 12.2. The number of nitrogen functional groups attached to an aromatic ring is 1. The Morgan fingerprint density at radius 1 is 1.30 bits per heavy atom. The number of piperidine rings is 1. The average molecular weight is 269 g/mol. The maximum atomic E-state index is 6.06. The number of benzene rings is 1. The molecule has 0 amide bonds. The van der Waals surface area contributed by atoms with Gasteiger partial charge in [-0.1, -0.05) is 19.4 Å². The number of hydrogen-bond donors (Lipinski definition) is 1. The van der Waals surface area contributed by atoms with E-state index in [1.165, 1.54) is 37.8 Å². The number of nitrogens with two attached hydrogens (primary N) is 1. The minimum Gasteiger partial charge on any atom is -0.398 e. The number of rotatable bonds is 3. The van der Waals surface area contributed by atoms with Crippen LogP contribution in [-0.4, -0.2) is 22.5 Å². The highest BCUT2D eigenvalue weighted by Crippen LogP contribution is 2.27. The van der Waals surface area contributed by atoms with Gasteiger partial charge < -0.3 is 5.73 Å². The molecule has 3 heteroatoms. The van der Waals surface area contributed by atoms with Gasteiger partial charge in [0.2, 0.25) is 0 Å². The monoisotopic (exact) mass is 269 g/mol. The van der Waals surface area contributed by atoms with E-state index in [4.69, 9.17) is 5.73 Å². The summed E-state index contributed by atoms with van der Waals surface area (Å²) in [4.78, 5) is 7.17. The number of nitrogens with zero attached hydrogens (tertiary/aromatic N) is 2. The molecular formula is C17H23N3. The van der Waals surface area contributed by atoms with Gasteiger partial charge in [-0.25, -0.2) is 0 Å². The van der Waals surface area contributed by atoms with Crippen LogP contribution in [0.4, 0.5) is 5.69 Å². The Morgan fingerprint density at radius 3 is 3.05 bits per heavy atom. The molecule has 0 radical (unpaired) electrons. The SMILES string of the molecule is CCC1CCCCN1Cc1ccc(N)c2cccnc12. The lowest BCUT2D eigenvalue weighted by Gasteiger charge is -2.35. The molecule has 3 nitrogen and oxygen atoms in total.